The Morgan fingerprint density at radius 2 is 0.732 bits per heavy atom. The van der Waals surface area contributed by atoms with Gasteiger partial charge in [0.05, 0.1) is 22.1 Å². The highest BCUT2D eigenvalue weighted by Gasteiger charge is 2.23. The van der Waals surface area contributed by atoms with Crippen LogP contribution in [0.1, 0.15) is 0 Å². The zero-order chi connectivity index (χ0) is 37.0. The molecule has 0 N–H and O–H groups in total. The van der Waals surface area contributed by atoms with E-state index in [0.29, 0.717) is 17.6 Å². The minimum atomic E-state index is 0.574. The molecule has 0 fully saturated rings. The number of fused-ring (bicyclic) bond motifs is 7. The zero-order valence-electron chi connectivity index (χ0n) is 30.3. The highest BCUT2D eigenvalue weighted by Crippen LogP contribution is 2.42. The summed E-state index contributed by atoms with van der Waals surface area (Å²) < 4.78 is 4.60. The third kappa shape index (κ3) is 5.21. The summed E-state index contributed by atoms with van der Waals surface area (Å²) in [7, 11) is 0. The Kier molecular flexibility index (Phi) is 7.42. The summed E-state index contributed by atoms with van der Waals surface area (Å²) in [5.74, 6) is 1.81. The number of hydrogen-bond acceptors (Lipinski definition) is 3. The summed E-state index contributed by atoms with van der Waals surface area (Å²) in [4.78, 5) is 15.7. The third-order valence-corrected chi connectivity index (χ3v) is 10.8. The van der Waals surface area contributed by atoms with E-state index in [1.54, 1.807) is 0 Å². The van der Waals surface area contributed by atoms with Crippen LogP contribution < -0.4 is 0 Å². The molecular formula is C51H33N5. The lowest BCUT2D eigenvalue weighted by molar-refractivity contribution is 0.955. The van der Waals surface area contributed by atoms with E-state index in [1.165, 1.54) is 16.5 Å². The lowest BCUT2D eigenvalue weighted by atomic mass is 9.99. The second-order valence-electron chi connectivity index (χ2n) is 14.1. The summed E-state index contributed by atoms with van der Waals surface area (Å²) in [5.41, 5.74) is 12.0. The Morgan fingerprint density at radius 3 is 1.34 bits per heavy atom. The van der Waals surface area contributed by atoms with Gasteiger partial charge in [-0.05, 0) is 52.6 Å². The van der Waals surface area contributed by atoms with E-state index in [4.69, 9.17) is 15.0 Å². The Hall–Kier alpha value is -7.63. The van der Waals surface area contributed by atoms with Crippen molar-refractivity contribution in [1.29, 1.82) is 0 Å². The van der Waals surface area contributed by atoms with E-state index in [2.05, 4.69) is 185 Å². The average Bonchev–Trinajstić information content (AvgIpc) is 3.80. The fourth-order valence-electron chi connectivity index (χ4n) is 8.18. The SMILES string of the molecule is c1ccc(-c2ccc(-c3ccc(-c4nc(-c5ccccc5)nc(-n5c6ccccc6c6ccc7c(c8ccccc8n7-c7ccccc7)c65)n4)cc3)cc2)cc1. The van der Waals surface area contributed by atoms with E-state index in [1.807, 2.05) is 24.3 Å². The molecule has 11 rings (SSSR count). The van der Waals surface area contributed by atoms with E-state index in [0.717, 1.165) is 66.2 Å². The maximum Gasteiger partial charge on any atom is 0.238 e. The molecule has 5 heteroatoms. The van der Waals surface area contributed by atoms with Crippen LogP contribution in [0.5, 0.6) is 0 Å². The predicted molar refractivity (Wildman–Crippen MR) is 230 cm³/mol. The second-order valence-corrected chi connectivity index (χ2v) is 14.1. The van der Waals surface area contributed by atoms with Crippen molar-refractivity contribution < 1.29 is 0 Å². The monoisotopic (exact) mass is 715 g/mol. The Labute approximate surface area is 323 Å². The van der Waals surface area contributed by atoms with Gasteiger partial charge in [0.1, 0.15) is 0 Å². The zero-order valence-corrected chi connectivity index (χ0v) is 30.3. The molecule has 3 aromatic heterocycles. The molecular weight excluding hydrogens is 683 g/mol. The molecule has 0 unspecified atom stereocenters. The maximum absolute atomic E-state index is 5.31. The van der Waals surface area contributed by atoms with Crippen molar-refractivity contribution in [2.45, 2.75) is 0 Å². The molecule has 0 amide bonds. The molecule has 8 aromatic carbocycles. The number of para-hydroxylation sites is 3. The van der Waals surface area contributed by atoms with Crippen molar-refractivity contribution >= 4 is 43.6 Å². The van der Waals surface area contributed by atoms with Crippen LogP contribution >= 0.6 is 0 Å². The topological polar surface area (TPSA) is 48.5 Å². The van der Waals surface area contributed by atoms with Crippen molar-refractivity contribution in [3.05, 3.63) is 200 Å². The van der Waals surface area contributed by atoms with Crippen LogP contribution in [0.4, 0.5) is 0 Å². The van der Waals surface area contributed by atoms with Gasteiger partial charge in [0.15, 0.2) is 11.6 Å². The van der Waals surface area contributed by atoms with Gasteiger partial charge in [-0.1, -0.05) is 170 Å². The molecule has 0 spiro atoms. The first-order valence-electron chi connectivity index (χ1n) is 18.9. The van der Waals surface area contributed by atoms with Gasteiger partial charge in [-0.3, -0.25) is 4.57 Å². The van der Waals surface area contributed by atoms with Gasteiger partial charge in [-0.25, -0.2) is 4.98 Å². The number of rotatable bonds is 6. The Bertz CT molecular complexity index is 3200. The van der Waals surface area contributed by atoms with Gasteiger partial charge in [-0.15, -0.1) is 0 Å². The van der Waals surface area contributed by atoms with Crippen LogP contribution in [-0.4, -0.2) is 24.1 Å². The van der Waals surface area contributed by atoms with Crippen molar-refractivity contribution in [2.24, 2.45) is 0 Å². The molecule has 0 aliphatic rings. The molecule has 0 atom stereocenters. The molecule has 5 nitrogen and oxygen atoms in total. The molecule has 3 heterocycles. The van der Waals surface area contributed by atoms with Gasteiger partial charge >= 0.3 is 0 Å². The smallest absolute Gasteiger partial charge is 0.238 e. The van der Waals surface area contributed by atoms with Crippen LogP contribution in [0.3, 0.4) is 0 Å². The van der Waals surface area contributed by atoms with Crippen LogP contribution in [0.15, 0.2) is 200 Å². The molecule has 56 heavy (non-hydrogen) atoms. The average molecular weight is 716 g/mol. The van der Waals surface area contributed by atoms with Crippen LogP contribution in [0.25, 0.3) is 100 Å². The van der Waals surface area contributed by atoms with Crippen molar-refractivity contribution in [3.63, 3.8) is 0 Å². The molecule has 11 aromatic rings. The summed E-state index contributed by atoms with van der Waals surface area (Å²) >= 11 is 0. The van der Waals surface area contributed by atoms with Crippen LogP contribution in [0, 0.1) is 0 Å². The Morgan fingerprint density at radius 1 is 0.286 bits per heavy atom. The number of nitrogens with zero attached hydrogens (tertiary/aromatic N) is 5. The first kappa shape index (κ1) is 31.9. The lowest BCUT2D eigenvalue weighted by Crippen LogP contribution is -2.06. The third-order valence-electron chi connectivity index (χ3n) is 10.8. The summed E-state index contributed by atoms with van der Waals surface area (Å²) in [6.07, 6.45) is 0. The van der Waals surface area contributed by atoms with E-state index in [9.17, 15) is 0 Å². The standard InChI is InChI=1S/C51H33N5/c1-4-14-34(15-5-1)35-24-26-36(27-25-35)37-28-30-39(31-29-37)50-52-49(38-16-6-2-7-17-38)53-51(54-50)56-44-22-12-10-20-41(44)42-32-33-46-47(48(42)56)43-21-11-13-23-45(43)55(46)40-18-8-3-9-19-40/h1-33H. The fourth-order valence-corrected chi connectivity index (χ4v) is 8.18. The number of aromatic nitrogens is 5. The van der Waals surface area contributed by atoms with Crippen molar-refractivity contribution in [1.82, 2.24) is 24.1 Å². The van der Waals surface area contributed by atoms with E-state index in [-0.39, 0.29) is 0 Å². The number of hydrogen-bond donors (Lipinski definition) is 0. The van der Waals surface area contributed by atoms with Gasteiger partial charge < -0.3 is 4.57 Å². The summed E-state index contributed by atoms with van der Waals surface area (Å²) in [6.45, 7) is 0. The van der Waals surface area contributed by atoms with Gasteiger partial charge in [0.2, 0.25) is 5.95 Å². The first-order valence-corrected chi connectivity index (χ1v) is 18.9. The number of benzene rings is 8. The largest absolute Gasteiger partial charge is 0.309 e. The van der Waals surface area contributed by atoms with Gasteiger partial charge in [0.25, 0.3) is 0 Å². The lowest BCUT2D eigenvalue weighted by Gasteiger charge is -2.12. The molecule has 0 saturated carbocycles. The molecule has 0 aliphatic heterocycles. The Balaban J connectivity index is 1.12. The summed E-state index contributed by atoms with van der Waals surface area (Å²) in [6, 6.07) is 70.3. The molecule has 262 valence electrons. The molecule has 0 aliphatic carbocycles. The van der Waals surface area contributed by atoms with Crippen LogP contribution in [0.2, 0.25) is 0 Å². The second kappa shape index (κ2) is 13.0. The molecule has 0 radical (unpaired) electrons. The van der Waals surface area contributed by atoms with Gasteiger partial charge in [0, 0.05) is 38.4 Å². The van der Waals surface area contributed by atoms with Crippen LogP contribution in [-0.2, 0) is 0 Å². The first-order chi connectivity index (χ1) is 27.8. The minimum Gasteiger partial charge on any atom is -0.309 e. The molecule has 0 saturated heterocycles. The van der Waals surface area contributed by atoms with E-state index >= 15 is 0 Å². The van der Waals surface area contributed by atoms with E-state index < -0.39 is 0 Å². The summed E-state index contributed by atoms with van der Waals surface area (Å²) in [5, 5.41) is 4.62. The highest BCUT2D eigenvalue weighted by molar-refractivity contribution is 6.26. The quantitative estimate of drug-likeness (QED) is 0.172. The minimum absolute atomic E-state index is 0.574. The van der Waals surface area contributed by atoms with Gasteiger partial charge in [-0.2, -0.15) is 9.97 Å². The maximum atomic E-state index is 5.31. The van der Waals surface area contributed by atoms with Crippen molar-refractivity contribution in [2.75, 3.05) is 0 Å². The van der Waals surface area contributed by atoms with Crippen molar-refractivity contribution in [3.8, 4) is 56.7 Å². The predicted octanol–water partition coefficient (Wildman–Crippen LogP) is 12.7. The fraction of sp³-hybridized carbons (Fsp3) is 0. The highest BCUT2D eigenvalue weighted by atomic mass is 15.2. The normalized spacial score (nSPS) is 11.6. The molecule has 0 bridgehead atoms.